The highest BCUT2D eigenvalue weighted by molar-refractivity contribution is 7.16. The largest absolute Gasteiger partial charge is 0.269 e. The van der Waals surface area contributed by atoms with Crippen molar-refractivity contribution in [2.75, 3.05) is 25.4 Å². The van der Waals surface area contributed by atoms with Crippen molar-refractivity contribution in [2.24, 2.45) is 5.84 Å². The van der Waals surface area contributed by atoms with Crippen LogP contribution in [0.5, 0.6) is 0 Å². The Morgan fingerprint density at radius 1 is 1.12 bits per heavy atom. The molecule has 0 rings (SSSR count). The van der Waals surface area contributed by atoms with E-state index in [0.717, 1.165) is 25.4 Å². The maximum Gasteiger partial charge on any atom is 0.0163 e. The minimum Gasteiger partial charge on any atom is -0.269 e. The predicted octanol–water partition coefficient (Wildman–Crippen LogP) is -0.0877. The van der Waals surface area contributed by atoms with E-state index in [0.29, 0.717) is 0 Å². The van der Waals surface area contributed by atoms with Gasteiger partial charge >= 0.3 is 0 Å². The topological polar surface area (TPSA) is 29.3 Å². The van der Waals surface area contributed by atoms with Gasteiger partial charge in [-0.3, -0.25) is 5.84 Å². The van der Waals surface area contributed by atoms with E-state index in [1.165, 1.54) is 0 Å². The summed E-state index contributed by atoms with van der Waals surface area (Å²) in [6.45, 7) is 1.94. The molecule has 0 bridgehead atoms. The molecule has 0 aromatic carbocycles. The third-order valence-electron chi connectivity index (χ3n) is 0.833. The molecule has 0 aliphatic carbocycles. The van der Waals surface area contributed by atoms with Gasteiger partial charge in [0.25, 0.3) is 0 Å². The van der Waals surface area contributed by atoms with Gasteiger partial charge in [-0.05, 0) is 12.3 Å². The summed E-state index contributed by atoms with van der Waals surface area (Å²) >= 11 is 0. The first-order chi connectivity index (χ1) is 3.81. The molecule has 0 spiro atoms. The van der Waals surface area contributed by atoms with Crippen LogP contribution >= 0.6 is 18.5 Å². The Kier molecular flexibility index (Phi) is 6.48. The number of nitrogens with zero attached hydrogens (tertiary/aromatic N) is 1. The molecule has 0 saturated heterocycles. The van der Waals surface area contributed by atoms with Gasteiger partial charge in [0.15, 0.2) is 0 Å². The van der Waals surface area contributed by atoms with E-state index in [2.05, 4.69) is 18.5 Å². The summed E-state index contributed by atoms with van der Waals surface area (Å²) in [6.07, 6.45) is 2.11. The zero-order valence-electron chi connectivity index (χ0n) is 5.01. The average molecular weight is 152 g/mol. The van der Waals surface area contributed by atoms with Gasteiger partial charge in [0.2, 0.25) is 0 Å². The minimum absolute atomic E-state index is 0.971. The molecule has 2 nitrogen and oxygen atoms in total. The molecule has 0 aromatic rings. The van der Waals surface area contributed by atoms with Gasteiger partial charge in [0.1, 0.15) is 0 Å². The second-order valence-electron chi connectivity index (χ2n) is 1.61. The third-order valence-corrected chi connectivity index (χ3v) is 1.35. The van der Waals surface area contributed by atoms with Crippen LogP contribution in [0.15, 0.2) is 0 Å². The number of hydrogen-bond acceptors (Lipinski definition) is 2. The molecule has 0 heterocycles. The Labute approximate surface area is 55.6 Å². The van der Waals surface area contributed by atoms with E-state index in [-0.39, 0.29) is 0 Å². The van der Waals surface area contributed by atoms with E-state index in [4.69, 9.17) is 5.84 Å². The fraction of sp³-hybridized carbons (Fsp3) is 1.00. The zero-order chi connectivity index (χ0) is 6.41. The first-order valence-corrected chi connectivity index (χ1v) is 4.34. The number of hydrazine groups is 1. The molecule has 2 N–H and O–H groups in total. The predicted molar refractivity (Wildman–Crippen MR) is 44.9 cm³/mol. The van der Waals surface area contributed by atoms with Crippen LogP contribution in [0, 0.1) is 0 Å². The summed E-state index contributed by atoms with van der Waals surface area (Å²) in [7, 11) is 5.29. The smallest absolute Gasteiger partial charge is 0.0163 e. The monoisotopic (exact) mass is 152 g/mol. The molecule has 0 saturated carbocycles. The molecule has 0 aliphatic rings. The van der Waals surface area contributed by atoms with Crippen LogP contribution in [0.4, 0.5) is 0 Å². The van der Waals surface area contributed by atoms with Crippen LogP contribution in [0.1, 0.15) is 0 Å². The summed E-state index contributed by atoms with van der Waals surface area (Å²) < 4.78 is 0. The Morgan fingerprint density at radius 2 is 1.50 bits per heavy atom. The van der Waals surface area contributed by atoms with E-state index < -0.39 is 0 Å². The minimum atomic E-state index is 0.971. The highest BCUT2D eigenvalue weighted by atomic mass is 31.0. The van der Waals surface area contributed by atoms with Crippen molar-refractivity contribution in [3.05, 3.63) is 0 Å². The molecule has 0 radical (unpaired) electrons. The van der Waals surface area contributed by atoms with Crippen LogP contribution < -0.4 is 5.84 Å². The first-order valence-electron chi connectivity index (χ1n) is 2.71. The van der Waals surface area contributed by atoms with Crippen LogP contribution in [0.2, 0.25) is 0 Å². The van der Waals surface area contributed by atoms with Crippen molar-refractivity contribution in [3.63, 3.8) is 0 Å². The Hall–Kier alpha value is 0.780. The number of hydrogen-bond donors (Lipinski definition) is 1. The molecular formula is C4H14N2P2. The molecule has 2 unspecified atom stereocenters. The second-order valence-corrected chi connectivity index (χ2v) is 2.77. The maximum atomic E-state index is 5.50. The lowest BCUT2D eigenvalue weighted by molar-refractivity contribution is 0.322. The van der Waals surface area contributed by atoms with Crippen LogP contribution in [-0.2, 0) is 0 Å². The van der Waals surface area contributed by atoms with Gasteiger partial charge in [0, 0.05) is 13.1 Å². The average Bonchev–Trinajstić information content (AvgIpc) is 1.68. The Balaban J connectivity index is 2.92. The fourth-order valence-electron chi connectivity index (χ4n) is 0.443. The lowest BCUT2D eigenvalue weighted by Crippen LogP contribution is -2.34. The van der Waals surface area contributed by atoms with Crippen molar-refractivity contribution < 1.29 is 0 Å². The lowest BCUT2D eigenvalue weighted by Gasteiger charge is -2.12. The van der Waals surface area contributed by atoms with Crippen molar-refractivity contribution in [1.29, 1.82) is 0 Å². The number of nitrogens with two attached hydrogens (primary N) is 1. The van der Waals surface area contributed by atoms with Gasteiger partial charge in [-0.1, -0.05) is 0 Å². The quantitative estimate of drug-likeness (QED) is 0.346. The summed E-state index contributed by atoms with van der Waals surface area (Å²) in [5.41, 5.74) is 0. The van der Waals surface area contributed by atoms with Crippen molar-refractivity contribution >= 4 is 18.5 Å². The molecule has 50 valence electrons. The first kappa shape index (κ1) is 8.78. The second kappa shape index (κ2) is 5.91. The summed E-state index contributed by atoms with van der Waals surface area (Å²) in [4.78, 5) is 0. The van der Waals surface area contributed by atoms with E-state index in [1.807, 2.05) is 5.01 Å². The lowest BCUT2D eigenvalue weighted by atomic mass is 10.6. The van der Waals surface area contributed by atoms with Gasteiger partial charge in [0.05, 0.1) is 0 Å². The molecule has 2 atom stereocenters. The van der Waals surface area contributed by atoms with Gasteiger partial charge in [-0.25, -0.2) is 5.01 Å². The highest BCUT2D eigenvalue weighted by Gasteiger charge is 1.90. The molecule has 8 heavy (non-hydrogen) atoms. The van der Waals surface area contributed by atoms with Gasteiger partial charge in [-0.2, -0.15) is 0 Å². The van der Waals surface area contributed by atoms with Crippen LogP contribution in [0.3, 0.4) is 0 Å². The zero-order valence-corrected chi connectivity index (χ0v) is 7.32. The SMILES string of the molecule is NN(CCP)CCP. The summed E-state index contributed by atoms with van der Waals surface area (Å²) in [5, 5.41) is 1.82. The van der Waals surface area contributed by atoms with Gasteiger partial charge in [-0.15, -0.1) is 18.5 Å². The highest BCUT2D eigenvalue weighted by Crippen LogP contribution is 1.86. The summed E-state index contributed by atoms with van der Waals surface area (Å²) in [6, 6.07) is 0. The maximum absolute atomic E-state index is 5.50. The van der Waals surface area contributed by atoms with Crippen molar-refractivity contribution in [2.45, 2.75) is 0 Å². The van der Waals surface area contributed by atoms with Crippen molar-refractivity contribution in [3.8, 4) is 0 Å². The number of rotatable bonds is 4. The molecular weight excluding hydrogens is 138 g/mol. The fourth-order valence-corrected chi connectivity index (χ4v) is 1.11. The molecule has 0 fully saturated rings. The molecule has 0 aliphatic heterocycles. The van der Waals surface area contributed by atoms with E-state index in [9.17, 15) is 0 Å². The van der Waals surface area contributed by atoms with Gasteiger partial charge < -0.3 is 0 Å². The van der Waals surface area contributed by atoms with Crippen LogP contribution in [0.25, 0.3) is 0 Å². The Bertz CT molecular complexity index is 45.3. The Morgan fingerprint density at radius 3 is 1.75 bits per heavy atom. The normalized spacial score (nSPS) is 10.5. The van der Waals surface area contributed by atoms with Crippen LogP contribution in [-0.4, -0.2) is 30.4 Å². The third kappa shape index (κ3) is 4.93. The molecule has 0 aromatic heterocycles. The molecule has 0 amide bonds. The van der Waals surface area contributed by atoms with E-state index in [1.54, 1.807) is 0 Å². The van der Waals surface area contributed by atoms with E-state index >= 15 is 0 Å². The standard InChI is InChI=1S/C4H14N2P2/c5-6(1-3-7)2-4-8/h1-5,7-8H2. The molecule has 4 heteroatoms. The summed E-state index contributed by atoms with van der Waals surface area (Å²) in [5.74, 6) is 5.50. The van der Waals surface area contributed by atoms with Crippen molar-refractivity contribution in [1.82, 2.24) is 5.01 Å².